The summed E-state index contributed by atoms with van der Waals surface area (Å²) in [4.78, 5) is 12.7. The van der Waals surface area contributed by atoms with E-state index in [-0.39, 0.29) is 15.5 Å². The van der Waals surface area contributed by atoms with Gasteiger partial charge in [-0.1, -0.05) is 41.9 Å². The predicted molar refractivity (Wildman–Crippen MR) is 133 cm³/mol. The van der Waals surface area contributed by atoms with Crippen LogP contribution in [0.2, 0.25) is 5.02 Å². The minimum Gasteiger partial charge on any atom is -0.352 e. The van der Waals surface area contributed by atoms with Gasteiger partial charge in [0.05, 0.1) is 26.9 Å². The third kappa shape index (κ3) is 5.65. The number of carbonyl (C=O) groups excluding carboxylic acids is 1. The summed E-state index contributed by atoms with van der Waals surface area (Å²) in [6, 6.07) is 22.7. The summed E-state index contributed by atoms with van der Waals surface area (Å²) < 4.78 is 29.9. The Hall–Kier alpha value is -3.62. The first-order valence-electron chi connectivity index (χ1n) is 10.6. The number of hydrogen-bond acceptors (Lipinski definition) is 4. The molecule has 0 saturated carbocycles. The maximum Gasteiger partial charge on any atom is 0.261 e. The summed E-state index contributed by atoms with van der Waals surface area (Å²) >= 11 is 6.20. The van der Waals surface area contributed by atoms with Crippen molar-refractivity contribution >= 4 is 33.2 Å². The number of aromatic nitrogens is 2. The number of amides is 1. The number of halogens is 1. The molecule has 9 heteroatoms. The number of anilines is 1. The Labute approximate surface area is 203 Å². The molecule has 0 atom stereocenters. The van der Waals surface area contributed by atoms with Crippen LogP contribution in [-0.2, 0) is 16.4 Å². The summed E-state index contributed by atoms with van der Waals surface area (Å²) in [7, 11) is -3.89. The Morgan fingerprint density at radius 3 is 2.56 bits per heavy atom. The van der Waals surface area contributed by atoms with E-state index in [0.717, 1.165) is 16.9 Å². The summed E-state index contributed by atoms with van der Waals surface area (Å²) in [5, 5.41) is 7.46. The Morgan fingerprint density at radius 1 is 1.00 bits per heavy atom. The molecular weight excluding hydrogens is 472 g/mol. The van der Waals surface area contributed by atoms with Crippen LogP contribution in [0.25, 0.3) is 5.69 Å². The molecule has 0 aliphatic rings. The van der Waals surface area contributed by atoms with Crippen molar-refractivity contribution in [2.75, 3.05) is 11.3 Å². The highest BCUT2D eigenvalue weighted by atomic mass is 35.5. The summed E-state index contributed by atoms with van der Waals surface area (Å²) in [6.07, 6.45) is 2.37. The molecule has 34 heavy (non-hydrogen) atoms. The third-order valence-corrected chi connectivity index (χ3v) is 6.80. The van der Waals surface area contributed by atoms with E-state index in [4.69, 9.17) is 11.6 Å². The average Bonchev–Trinajstić information content (AvgIpc) is 3.28. The van der Waals surface area contributed by atoms with Crippen LogP contribution in [0.15, 0.2) is 90.0 Å². The highest BCUT2D eigenvalue weighted by Crippen LogP contribution is 2.23. The molecule has 4 rings (SSSR count). The largest absolute Gasteiger partial charge is 0.352 e. The lowest BCUT2D eigenvalue weighted by atomic mass is 10.2. The fourth-order valence-electron chi connectivity index (χ4n) is 3.39. The fraction of sp³-hybridized carbons (Fsp3) is 0.120. The molecular formula is C25H23ClN4O3S. The van der Waals surface area contributed by atoms with Crippen molar-refractivity contribution < 1.29 is 13.2 Å². The molecule has 0 radical (unpaired) electrons. The fourth-order valence-corrected chi connectivity index (χ4v) is 4.67. The average molecular weight is 495 g/mol. The summed E-state index contributed by atoms with van der Waals surface area (Å²) in [5.41, 5.74) is 3.21. The second kappa shape index (κ2) is 10.1. The highest BCUT2D eigenvalue weighted by molar-refractivity contribution is 7.92. The van der Waals surface area contributed by atoms with Crippen molar-refractivity contribution in [2.24, 2.45) is 0 Å². The smallest absolute Gasteiger partial charge is 0.261 e. The number of nitrogens with one attached hydrogen (secondary N) is 2. The third-order valence-electron chi connectivity index (χ3n) is 5.09. The van der Waals surface area contributed by atoms with Gasteiger partial charge in [-0.2, -0.15) is 5.10 Å². The van der Waals surface area contributed by atoms with E-state index in [0.29, 0.717) is 18.7 Å². The molecule has 0 bridgehead atoms. The molecule has 7 nitrogen and oxygen atoms in total. The Kier molecular flexibility index (Phi) is 7.00. The molecule has 2 N–H and O–H groups in total. The van der Waals surface area contributed by atoms with Gasteiger partial charge in [-0.15, -0.1) is 0 Å². The molecule has 174 valence electrons. The Morgan fingerprint density at radius 2 is 1.79 bits per heavy atom. The zero-order valence-electron chi connectivity index (χ0n) is 18.4. The van der Waals surface area contributed by atoms with Gasteiger partial charge in [0.2, 0.25) is 0 Å². The maximum atomic E-state index is 12.8. The van der Waals surface area contributed by atoms with Crippen molar-refractivity contribution in [3.63, 3.8) is 0 Å². The first-order chi connectivity index (χ1) is 16.3. The topological polar surface area (TPSA) is 93.1 Å². The molecule has 0 spiro atoms. The van der Waals surface area contributed by atoms with Gasteiger partial charge in [0.1, 0.15) is 0 Å². The lowest BCUT2D eigenvalue weighted by molar-refractivity contribution is 0.0954. The molecule has 1 heterocycles. The van der Waals surface area contributed by atoms with E-state index in [9.17, 15) is 13.2 Å². The molecule has 3 aromatic carbocycles. The van der Waals surface area contributed by atoms with Crippen LogP contribution in [0.5, 0.6) is 0 Å². The van der Waals surface area contributed by atoms with Crippen LogP contribution >= 0.6 is 11.6 Å². The number of hydrogen-bond donors (Lipinski definition) is 2. The van der Waals surface area contributed by atoms with E-state index in [1.807, 2.05) is 55.6 Å². The number of sulfonamides is 1. The molecule has 1 aromatic heterocycles. The van der Waals surface area contributed by atoms with Gasteiger partial charge in [-0.05, 0) is 61.0 Å². The van der Waals surface area contributed by atoms with Gasteiger partial charge < -0.3 is 5.32 Å². The van der Waals surface area contributed by atoms with Gasteiger partial charge in [0.25, 0.3) is 15.9 Å². The van der Waals surface area contributed by atoms with Crippen LogP contribution in [-0.4, -0.2) is 30.7 Å². The molecule has 0 aliphatic heterocycles. The highest BCUT2D eigenvalue weighted by Gasteiger charge is 2.19. The lowest BCUT2D eigenvalue weighted by Gasteiger charge is -2.11. The first kappa shape index (κ1) is 23.5. The SMILES string of the molecule is Cc1cccc(NS(=O)(=O)c2ccc(Cl)c(C(=O)NCCc3ccn(-c4ccccc4)n3)c2)c1. The number of benzene rings is 3. The van der Waals surface area contributed by atoms with Gasteiger partial charge in [0.15, 0.2) is 0 Å². The molecule has 0 unspecified atom stereocenters. The zero-order chi connectivity index (χ0) is 24.1. The lowest BCUT2D eigenvalue weighted by Crippen LogP contribution is -2.26. The normalized spacial score (nSPS) is 11.2. The monoisotopic (exact) mass is 494 g/mol. The quantitative estimate of drug-likeness (QED) is 0.374. The molecule has 0 aliphatic carbocycles. The summed E-state index contributed by atoms with van der Waals surface area (Å²) in [6.45, 7) is 2.19. The number of aryl methyl sites for hydroxylation is 1. The standard InChI is InChI=1S/C25H23ClN4O3S/c1-18-6-5-7-20(16-18)29-34(32,33)22-10-11-24(26)23(17-22)25(31)27-14-12-19-13-15-30(28-19)21-8-3-2-4-9-21/h2-11,13,15-17,29H,12,14H2,1H3,(H,27,31). The van der Waals surface area contributed by atoms with E-state index in [1.54, 1.807) is 22.9 Å². The van der Waals surface area contributed by atoms with Crippen LogP contribution in [0.4, 0.5) is 5.69 Å². The number of nitrogens with zero attached hydrogens (tertiary/aromatic N) is 2. The number of carbonyl (C=O) groups is 1. The van der Waals surface area contributed by atoms with E-state index >= 15 is 0 Å². The van der Waals surface area contributed by atoms with Gasteiger partial charge in [-0.3, -0.25) is 9.52 Å². The molecule has 0 fully saturated rings. The van der Waals surface area contributed by atoms with Gasteiger partial charge in [-0.25, -0.2) is 13.1 Å². The van der Waals surface area contributed by atoms with Crippen LogP contribution in [0.3, 0.4) is 0 Å². The minimum absolute atomic E-state index is 0.0508. The Balaban J connectivity index is 1.41. The van der Waals surface area contributed by atoms with Crippen LogP contribution < -0.4 is 10.0 Å². The zero-order valence-corrected chi connectivity index (χ0v) is 20.0. The minimum atomic E-state index is -3.89. The second-order valence-electron chi connectivity index (χ2n) is 7.71. The predicted octanol–water partition coefficient (Wildman–Crippen LogP) is 4.61. The Bertz CT molecular complexity index is 1420. The first-order valence-corrected chi connectivity index (χ1v) is 12.5. The molecule has 1 amide bonds. The van der Waals surface area contributed by atoms with Crippen LogP contribution in [0.1, 0.15) is 21.6 Å². The van der Waals surface area contributed by atoms with Crippen molar-refractivity contribution in [1.82, 2.24) is 15.1 Å². The number of para-hydroxylation sites is 1. The van der Waals surface area contributed by atoms with Crippen LogP contribution in [0, 0.1) is 6.92 Å². The second-order valence-corrected chi connectivity index (χ2v) is 9.80. The van der Waals surface area contributed by atoms with Crippen molar-refractivity contribution in [2.45, 2.75) is 18.2 Å². The van der Waals surface area contributed by atoms with Gasteiger partial charge in [0, 0.05) is 24.8 Å². The number of rotatable bonds is 8. The van der Waals surface area contributed by atoms with E-state index in [2.05, 4.69) is 15.1 Å². The van der Waals surface area contributed by atoms with E-state index in [1.165, 1.54) is 18.2 Å². The van der Waals surface area contributed by atoms with Gasteiger partial charge >= 0.3 is 0 Å². The molecule has 4 aromatic rings. The molecule has 0 saturated heterocycles. The van der Waals surface area contributed by atoms with E-state index < -0.39 is 15.9 Å². The van der Waals surface area contributed by atoms with Crippen molar-refractivity contribution in [3.8, 4) is 5.69 Å². The van der Waals surface area contributed by atoms with Crippen molar-refractivity contribution in [1.29, 1.82) is 0 Å². The van der Waals surface area contributed by atoms with Crippen molar-refractivity contribution in [3.05, 3.63) is 107 Å². The maximum absolute atomic E-state index is 12.8. The summed E-state index contributed by atoms with van der Waals surface area (Å²) in [5.74, 6) is -0.458.